The summed E-state index contributed by atoms with van der Waals surface area (Å²) in [4.78, 5) is 18.0. The zero-order valence-electron chi connectivity index (χ0n) is 16.6. The lowest BCUT2D eigenvalue weighted by atomic mass is 9.71. The first-order chi connectivity index (χ1) is 13.4. The van der Waals surface area contributed by atoms with Crippen molar-refractivity contribution in [2.45, 2.75) is 62.4 Å². The minimum Gasteiger partial charge on any atom is -0.338 e. The maximum atomic E-state index is 13.1. The normalized spacial score (nSPS) is 30.7. The van der Waals surface area contributed by atoms with Crippen LogP contribution in [-0.2, 0) is 10.0 Å². The molecule has 0 saturated carbocycles. The molecule has 28 heavy (non-hydrogen) atoms. The Morgan fingerprint density at radius 3 is 2.54 bits per heavy atom. The second kappa shape index (κ2) is 7.76. The molecule has 1 amide bonds. The number of nitrogens with zero attached hydrogens (tertiary/aromatic N) is 2. The standard InChI is InChI=1S/C21H31N3O3S/c1-2-5-19-16-12-17(20-6-3-4-11-24(19)20)14-23(13-16)21(25)15-7-9-18(10-8-15)28(22,26)27/h7-10,16-17,19-20H,2-6,11-14H2,1H3,(H2,22,26,27)/t16-,17+,19-,20-/m0/s1. The van der Waals surface area contributed by atoms with Crippen LogP contribution >= 0.6 is 0 Å². The van der Waals surface area contributed by atoms with Gasteiger partial charge in [0, 0.05) is 30.7 Å². The molecule has 7 heteroatoms. The Bertz CT molecular complexity index is 824. The fourth-order valence-corrected chi connectivity index (χ4v) is 6.25. The zero-order valence-corrected chi connectivity index (χ0v) is 17.4. The van der Waals surface area contributed by atoms with E-state index in [0.29, 0.717) is 29.5 Å². The number of amides is 1. The lowest BCUT2D eigenvalue weighted by molar-refractivity contribution is -0.0670. The number of primary sulfonamides is 1. The van der Waals surface area contributed by atoms with Crippen LogP contribution in [0.1, 0.15) is 55.8 Å². The summed E-state index contributed by atoms with van der Waals surface area (Å²) in [6.07, 6.45) is 7.47. The molecule has 2 N–H and O–H groups in total. The van der Waals surface area contributed by atoms with Crippen molar-refractivity contribution < 1.29 is 13.2 Å². The van der Waals surface area contributed by atoms with E-state index in [2.05, 4.69) is 11.8 Å². The average molecular weight is 406 g/mol. The van der Waals surface area contributed by atoms with Crippen molar-refractivity contribution in [3.05, 3.63) is 29.8 Å². The quantitative estimate of drug-likeness (QED) is 0.834. The Labute approximate surface area is 168 Å². The smallest absolute Gasteiger partial charge is 0.253 e. The van der Waals surface area contributed by atoms with Crippen LogP contribution in [0.3, 0.4) is 0 Å². The number of benzene rings is 1. The van der Waals surface area contributed by atoms with Crippen molar-refractivity contribution in [3.8, 4) is 0 Å². The topological polar surface area (TPSA) is 83.7 Å². The molecule has 154 valence electrons. The van der Waals surface area contributed by atoms with Crippen LogP contribution in [0.4, 0.5) is 0 Å². The van der Waals surface area contributed by atoms with Gasteiger partial charge in [0.2, 0.25) is 10.0 Å². The van der Waals surface area contributed by atoms with Gasteiger partial charge in [0.05, 0.1) is 4.90 Å². The number of nitrogens with two attached hydrogens (primary N) is 1. The van der Waals surface area contributed by atoms with E-state index >= 15 is 0 Å². The van der Waals surface area contributed by atoms with Crippen LogP contribution in [0.2, 0.25) is 0 Å². The molecule has 3 heterocycles. The minimum atomic E-state index is -3.74. The second-order valence-corrected chi connectivity index (χ2v) is 10.3. The highest BCUT2D eigenvalue weighted by molar-refractivity contribution is 7.89. The number of sulfonamides is 1. The fourth-order valence-electron chi connectivity index (χ4n) is 5.74. The summed E-state index contributed by atoms with van der Waals surface area (Å²) in [5, 5.41) is 5.17. The summed E-state index contributed by atoms with van der Waals surface area (Å²) < 4.78 is 22.9. The van der Waals surface area contributed by atoms with Gasteiger partial charge < -0.3 is 4.90 Å². The van der Waals surface area contributed by atoms with E-state index in [4.69, 9.17) is 5.14 Å². The van der Waals surface area contributed by atoms with E-state index < -0.39 is 10.0 Å². The number of rotatable bonds is 4. The molecule has 0 aliphatic carbocycles. The Hall–Kier alpha value is -1.44. The Kier molecular flexibility index (Phi) is 5.51. The van der Waals surface area contributed by atoms with Crippen molar-refractivity contribution in [2.75, 3.05) is 19.6 Å². The van der Waals surface area contributed by atoms with Crippen molar-refractivity contribution in [1.29, 1.82) is 0 Å². The lowest BCUT2D eigenvalue weighted by Gasteiger charge is -2.57. The first-order valence-electron chi connectivity index (χ1n) is 10.6. The number of likely N-dealkylation sites (tertiary alicyclic amines) is 1. The van der Waals surface area contributed by atoms with Crippen LogP contribution in [-0.4, -0.2) is 55.8 Å². The summed E-state index contributed by atoms with van der Waals surface area (Å²) in [5.41, 5.74) is 0.542. The number of carbonyl (C=O) groups excluding carboxylic acids is 1. The summed E-state index contributed by atoms with van der Waals surface area (Å²) >= 11 is 0. The number of hydrogen-bond donors (Lipinski definition) is 1. The van der Waals surface area contributed by atoms with Gasteiger partial charge in [-0.2, -0.15) is 0 Å². The van der Waals surface area contributed by atoms with Crippen molar-refractivity contribution in [1.82, 2.24) is 9.80 Å². The van der Waals surface area contributed by atoms with E-state index in [-0.39, 0.29) is 10.8 Å². The maximum Gasteiger partial charge on any atom is 0.253 e. The van der Waals surface area contributed by atoms with E-state index in [9.17, 15) is 13.2 Å². The van der Waals surface area contributed by atoms with Gasteiger partial charge in [0.1, 0.15) is 0 Å². The van der Waals surface area contributed by atoms with Crippen LogP contribution < -0.4 is 5.14 Å². The summed E-state index contributed by atoms with van der Waals surface area (Å²) in [6.45, 7) is 5.08. The first kappa shape index (κ1) is 19.9. The van der Waals surface area contributed by atoms with Crippen LogP contribution in [0.15, 0.2) is 29.2 Å². The molecule has 2 bridgehead atoms. The molecule has 3 fully saturated rings. The number of piperidine rings is 3. The molecule has 0 unspecified atom stereocenters. The van der Waals surface area contributed by atoms with Crippen LogP contribution in [0, 0.1) is 11.8 Å². The third kappa shape index (κ3) is 3.72. The van der Waals surface area contributed by atoms with E-state index in [1.54, 1.807) is 12.1 Å². The van der Waals surface area contributed by atoms with Gasteiger partial charge in [-0.05, 0) is 68.3 Å². The molecule has 4 atom stereocenters. The van der Waals surface area contributed by atoms with Gasteiger partial charge in [0.15, 0.2) is 0 Å². The lowest BCUT2D eigenvalue weighted by Crippen LogP contribution is -2.64. The van der Waals surface area contributed by atoms with Gasteiger partial charge in [-0.3, -0.25) is 9.69 Å². The van der Waals surface area contributed by atoms with Crippen molar-refractivity contribution in [3.63, 3.8) is 0 Å². The molecule has 0 radical (unpaired) electrons. The summed E-state index contributed by atoms with van der Waals surface area (Å²) in [6, 6.07) is 7.23. The predicted octanol–water partition coefficient (Wildman–Crippen LogP) is 2.45. The van der Waals surface area contributed by atoms with Gasteiger partial charge in [0.25, 0.3) is 5.91 Å². The van der Waals surface area contributed by atoms with Crippen LogP contribution in [0.25, 0.3) is 0 Å². The monoisotopic (exact) mass is 405 g/mol. The van der Waals surface area contributed by atoms with E-state index in [1.807, 2.05) is 4.90 Å². The van der Waals surface area contributed by atoms with E-state index in [1.165, 1.54) is 57.2 Å². The first-order valence-corrected chi connectivity index (χ1v) is 12.1. The van der Waals surface area contributed by atoms with Gasteiger partial charge in [-0.25, -0.2) is 13.6 Å². The summed E-state index contributed by atoms with van der Waals surface area (Å²) in [7, 11) is -3.74. The molecule has 0 aromatic heterocycles. The highest BCUT2D eigenvalue weighted by atomic mass is 32.2. The summed E-state index contributed by atoms with van der Waals surface area (Å²) in [5.74, 6) is 1.11. The minimum absolute atomic E-state index is 0.00942. The average Bonchev–Trinajstić information content (AvgIpc) is 2.70. The molecule has 6 nitrogen and oxygen atoms in total. The number of fused-ring (bicyclic) bond motifs is 4. The van der Waals surface area contributed by atoms with Gasteiger partial charge in [-0.1, -0.05) is 19.8 Å². The predicted molar refractivity (Wildman–Crippen MR) is 108 cm³/mol. The molecule has 1 aromatic carbocycles. The van der Waals surface area contributed by atoms with Crippen LogP contribution in [0.5, 0.6) is 0 Å². The number of hydrogen-bond acceptors (Lipinski definition) is 4. The SMILES string of the molecule is CCC[C@H]1[C@H]2C[C@H](CN(C(=O)c3ccc(S(N)(=O)=O)cc3)C2)[C@@H]2CCCCN21. The highest BCUT2D eigenvalue weighted by Crippen LogP contribution is 2.42. The second-order valence-electron chi connectivity index (χ2n) is 8.69. The third-order valence-electron chi connectivity index (χ3n) is 6.92. The maximum absolute atomic E-state index is 13.1. The van der Waals surface area contributed by atoms with Gasteiger partial charge in [-0.15, -0.1) is 0 Å². The third-order valence-corrected chi connectivity index (χ3v) is 7.85. The molecule has 3 aliphatic rings. The highest BCUT2D eigenvalue weighted by Gasteiger charge is 2.47. The fraction of sp³-hybridized carbons (Fsp3) is 0.667. The van der Waals surface area contributed by atoms with Crippen molar-refractivity contribution >= 4 is 15.9 Å². The largest absolute Gasteiger partial charge is 0.338 e. The Morgan fingerprint density at radius 2 is 1.86 bits per heavy atom. The molecule has 0 spiro atoms. The molecular weight excluding hydrogens is 374 g/mol. The van der Waals surface area contributed by atoms with E-state index in [0.717, 1.165) is 13.1 Å². The molecular formula is C21H31N3O3S. The Morgan fingerprint density at radius 1 is 1.14 bits per heavy atom. The van der Waals surface area contributed by atoms with Crippen molar-refractivity contribution in [2.24, 2.45) is 17.0 Å². The van der Waals surface area contributed by atoms with Gasteiger partial charge >= 0.3 is 0 Å². The molecule has 3 saturated heterocycles. The Balaban J connectivity index is 1.54. The number of carbonyl (C=O) groups is 1. The molecule has 4 rings (SSSR count). The zero-order chi connectivity index (χ0) is 19.9. The molecule has 3 aliphatic heterocycles. The molecule has 1 aromatic rings.